The van der Waals surface area contributed by atoms with Crippen molar-refractivity contribution in [1.29, 1.82) is 0 Å². The summed E-state index contributed by atoms with van der Waals surface area (Å²) in [6.45, 7) is 2.23. The minimum atomic E-state index is 0. The average Bonchev–Trinajstić information content (AvgIpc) is 2.47. The Hall–Kier alpha value is -1.86. The molecule has 0 aliphatic heterocycles. The van der Waals surface area contributed by atoms with Crippen LogP contribution in [0.3, 0.4) is 0 Å². The Labute approximate surface area is 119 Å². The van der Waals surface area contributed by atoms with E-state index in [1.54, 1.807) is 0 Å². The zero-order chi connectivity index (χ0) is 12.4. The predicted octanol–water partition coefficient (Wildman–Crippen LogP) is 0.741. The molecule has 0 saturated carbocycles. The van der Waals surface area contributed by atoms with Crippen molar-refractivity contribution in [3.05, 3.63) is 78.6 Å². The number of halogens is 1. The fourth-order valence-electron chi connectivity index (χ4n) is 2.29. The summed E-state index contributed by atoms with van der Waals surface area (Å²) in [7, 11) is 0. The summed E-state index contributed by atoms with van der Waals surface area (Å²) in [4.78, 5) is 0. The van der Waals surface area contributed by atoms with E-state index in [2.05, 4.69) is 84.5 Å². The topological polar surface area (TPSA) is 3.88 Å². The molecule has 0 bridgehead atoms. The Morgan fingerprint density at radius 3 is 2.16 bits per heavy atom. The van der Waals surface area contributed by atoms with Gasteiger partial charge < -0.3 is 12.4 Å². The Morgan fingerprint density at radius 1 is 0.789 bits per heavy atom. The fraction of sp³-hybridized carbons (Fsp3) is 0.118. The van der Waals surface area contributed by atoms with Crippen molar-refractivity contribution in [2.45, 2.75) is 13.0 Å². The van der Waals surface area contributed by atoms with Crippen molar-refractivity contribution in [2.24, 2.45) is 0 Å². The lowest BCUT2D eigenvalue weighted by molar-refractivity contribution is -0.709. The summed E-state index contributed by atoms with van der Waals surface area (Å²) in [6, 6.07) is 21.6. The van der Waals surface area contributed by atoms with Gasteiger partial charge >= 0.3 is 0 Å². The number of hydrogen-bond donors (Lipinski definition) is 0. The largest absolute Gasteiger partial charge is 1.00 e. The van der Waals surface area contributed by atoms with E-state index in [0.717, 1.165) is 0 Å². The SMILES string of the molecule is C[C@H](c1ccccc1)[n+]1ccc2ccccc2c1.[Cl-]. The number of rotatable bonds is 2. The van der Waals surface area contributed by atoms with Crippen molar-refractivity contribution in [1.82, 2.24) is 0 Å². The van der Waals surface area contributed by atoms with Gasteiger partial charge in [0.15, 0.2) is 18.4 Å². The molecule has 1 atom stereocenters. The molecule has 0 saturated heterocycles. The summed E-state index contributed by atoms with van der Waals surface area (Å²) in [5.41, 5.74) is 1.33. The molecule has 0 unspecified atom stereocenters. The third-order valence-corrected chi connectivity index (χ3v) is 3.44. The summed E-state index contributed by atoms with van der Waals surface area (Å²) in [5.74, 6) is 0. The number of nitrogens with zero attached hydrogens (tertiary/aromatic N) is 1. The molecule has 1 heterocycles. The van der Waals surface area contributed by atoms with E-state index < -0.39 is 0 Å². The van der Waals surface area contributed by atoms with Crippen LogP contribution in [0.2, 0.25) is 0 Å². The van der Waals surface area contributed by atoms with Gasteiger partial charge in [-0.2, -0.15) is 4.57 Å². The molecular weight excluding hydrogens is 254 g/mol. The van der Waals surface area contributed by atoms with Crippen molar-refractivity contribution < 1.29 is 17.0 Å². The molecule has 19 heavy (non-hydrogen) atoms. The first kappa shape index (κ1) is 13.6. The van der Waals surface area contributed by atoms with E-state index in [1.807, 2.05) is 0 Å². The lowest BCUT2D eigenvalue weighted by Crippen LogP contribution is -3.00. The second kappa shape index (κ2) is 5.85. The van der Waals surface area contributed by atoms with Gasteiger partial charge in [0.1, 0.15) is 0 Å². The highest BCUT2D eigenvalue weighted by Crippen LogP contribution is 2.14. The molecule has 0 radical (unpaired) electrons. The molecule has 0 N–H and O–H groups in total. The normalized spacial score (nSPS) is 11.8. The Balaban J connectivity index is 0.00000133. The number of fused-ring (bicyclic) bond motifs is 1. The zero-order valence-electron chi connectivity index (χ0n) is 10.8. The van der Waals surface area contributed by atoms with Crippen LogP contribution in [0.25, 0.3) is 10.8 Å². The molecule has 96 valence electrons. The molecule has 0 aliphatic carbocycles. The van der Waals surface area contributed by atoms with Crippen LogP contribution in [-0.4, -0.2) is 0 Å². The van der Waals surface area contributed by atoms with Crippen molar-refractivity contribution in [3.8, 4) is 0 Å². The van der Waals surface area contributed by atoms with Gasteiger partial charge in [-0.05, 0) is 11.5 Å². The van der Waals surface area contributed by atoms with Gasteiger partial charge in [-0.15, -0.1) is 0 Å². The highest BCUT2D eigenvalue weighted by molar-refractivity contribution is 5.80. The maximum atomic E-state index is 2.26. The van der Waals surface area contributed by atoms with Gasteiger partial charge in [0.25, 0.3) is 0 Å². The minimum Gasteiger partial charge on any atom is -1.00 e. The van der Waals surface area contributed by atoms with Crippen LogP contribution >= 0.6 is 0 Å². The molecule has 3 rings (SSSR count). The molecule has 3 aromatic rings. The lowest BCUT2D eigenvalue weighted by atomic mass is 10.1. The van der Waals surface area contributed by atoms with Crippen LogP contribution in [0.4, 0.5) is 0 Å². The van der Waals surface area contributed by atoms with Gasteiger partial charge in [-0.3, -0.25) is 0 Å². The number of hydrogen-bond acceptors (Lipinski definition) is 0. The summed E-state index contributed by atoms with van der Waals surface area (Å²) >= 11 is 0. The molecule has 2 aromatic carbocycles. The number of benzene rings is 2. The van der Waals surface area contributed by atoms with Crippen LogP contribution in [0.15, 0.2) is 73.1 Å². The lowest BCUT2D eigenvalue weighted by Gasteiger charge is -2.07. The third kappa shape index (κ3) is 2.77. The predicted molar refractivity (Wildman–Crippen MR) is 74.4 cm³/mol. The smallest absolute Gasteiger partial charge is 0.180 e. The first-order valence-electron chi connectivity index (χ1n) is 6.29. The van der Waals surface area contributed by atoms with Crippen LogP contribution in [0.5, 0.6) is 0 Å². The maximum Gasteiger partial charge on any atom is 0.180 e. The standard InChI is InChI=1S/C17H16N.ClH/c1-14(15-7-3-2-4-8-15)18-12-11-16-9-5-6-10-17(16)13-18;/h2-14H,1H3;1H/q+1;/p-1/t14-;/m1./s1. The number of aromatic nitrogens is 1. The van der Waals surface area contributed by atoms with Crippen molar-refractivity contribution in [2.75, 3.05) is 0 Å². The minimum absolute atomic E-state index is 0. The van der Waals surface area contributed by atoms with Crippen molar-refractivity contribution in [3.63, 3.8) is 0 Å². The highest BCUT2D eigenvalue weighted by atomic mass is 35.5. The average molecular weight is 270 g/mol. The third-order valence-electron chi connectivity index (χ3n) is 3.44. The summed E-state index contributed by atoms with van der Waals surface area (Å²) in [6.07, 6.45) is 4.37. The second-order valence-electron chi connectivity index (χ2n) is 4.61. The molecule has 1 nitrogen and oxygen atoms in total. The van der Waals surface area contributed by atoms with Crippen LogP contribution in [-0.2, 0) is 0 Å². The van der Waals surface area contributed by atoms with Crippen LogP contribution < -0.4 is 17.0 Å². The van der Waals surface area contributed by atoms with E-state index in [0.29, 0.717) is 6.04 Å². The Bertz CT molecular complexity index is 664. The van der Waals surface area contributed by atoms with Gasteiger partial charge in [0, 0.05) is 23.9 Å². The molecule has 0 aliphatic rings. The zero-order valence-corrected chi connectivity index (χ0v) is 11.6. The maximum absolute atomic E-state index is 2.26. The van der Waals surface area contributed by atoms with E-state index in [1.165, 1.54) is 16.3 Å². The van der Waals surface area contributed by atoms with Crippen LogP contribution in [0.1, 0.15) is 18.5 Å². The summed E-state index contributed by atoms with van der Waals surface area (Å²) < 4.78 is 2.26. The molecule has 2 heteroatoms. The monoisotopic (exact) mass is 269 g/mol. The molecular formula is C17H16ClN. The second-order valence-corrected chi connectivity index (χ2v) is 4.61. The molecule has 1 aromatic heterocycles. The van der Waals surface area contributed by atoms with E-state index in [-0.39, 0.29) is 12.4 Å². The first-order chi connectivity index (χ1) is 8.84. The quantitative estimate of drug-likeness (QED) is 0.605. The van der Waals surface area contributed by atoms with E-state index in [9.17, 15) is 0 Å². The van der Waals surface area contributed by atoms with Crippen LogP contribution in [0, 0.1) is 0 Å². The highest BCUT2D eigenvalue weighted by Gasteiger charge is 2.14. The van der Waals surface area contributed by atoms with Gasteiger partial charge in [-0.25, -0.2) is 0 Å². The van der Waals surface area contributed by atoms with Gasteiger partial charge in [0.2, 0.25) is 0 Å². The Morgan fingerprint density at radius 2 is 1.42 bits per heavy atom. The van der Waals surface area contributed by atoms with Gasteiger partial charge in [-0.1, -0.05) is 48.5 Å². The van der Waals surface area contributed by atoms with Crippen molar-refractivity contribution >= 4 is 10.8 Å². The first-order valence-corrected chi connectivity index (χ1v) is 6.29. The Kier molecular flexibility index (Phi) is 4.18. The van der Waals surface area contributed by atoms with E-state index in [4.69, 9.17) is 0 Å². The van der Waals surface area contributed by atoms with Gasteiger partial charge in [0.05, 0.1) is 0 Å². The fourth-order valence-corrected chi connectivity index (χ4v) is 2.29. The molecule has 0 amide bonds. The molecule has 0 spiro atoms. The number of pyridine rings is 1. The molecule has 0 fully saturated rings. The summed E-state index contributed by atoms with van der Waals surface area (Å²) in [5, 5.41) is 2.57. The van der Waals surface area contributed by atoms with E-state index >= 15 is 0 Å².